The van der Waals surface area contributed by atoms with E-state index in [9.17, 15) is 4.79 Å². The minimum atomic E-state index is -0.600. The van der Waals surface area contributed by atoms with Gasteiger partial charge in [0.25, 0.3) is 0 Å². The second kappa shape index (κ2) is 8.52. The maximum Gasteiger partial charge on any atom is 0.416 e. The highest BCUT2D eigenvalue weighted by Gasteiger charge is 2.14. The lowest BCUT2D eigenvalue weighted by molar-refractivity contribution is 0.201. The molecule has 3 rings (SSSR count). The molecule has 29 heavy (non-hydrogen) atoms. The molecule has 0 aliphatic carbocycles. The molecule has 0 radical (unpaired) electrons. The molecule has 2 aromatic carbocycles. The van der Waals surface area contributed by atoms with E-state index in [-0.39, 0.29) is 0 Å². The number of amides is 1. The Morgan fingerprint density at radius 2 is 1.72 bits per heavy atom. The summed E-state index contributed by atoms with van der Waals surface area (Å²) in [5.74, 6) is 2.47. The highest BCUT2D eigenvalue weighted by atomic mass is 16.5. The van der Waals surface area contributed by atoms with E-state index in [1.165, 1.54) is 0 Å². The number of fused-ring (bicyclic) bond motifs is 1. The maximum absolute atomic E-state index is 11.6. The van der Waals surface area contributed by atoms with Gasteiger partial charge in [0.1, 0.15) is 11.5 Å². The number of rotatable bonds is 6. The summed E-state index contributed by atoms with van der Waals surface area (Å²) in [5.41, 5.74) is 3.10. The molecule has 1 amide bonds. The predicted molar refractivity (Wildman–Crippen MR) is 111 cm³/mol. The van der Waals surface area contributed by atoms with Gasteiger partial charge in [-0.05, 0) is 49.2 Å². The lowest BCUT2D eigenvalue weighted by Crippen LogP contribution is -2.11. The second-order valence-electron chi connectivity index (χ2n) is 6.19. The molecule has 7 heteroatoms. The number of benzene rings is 2. The van der Waals surface area contributed by atoms with E-state index in [4.69, 9.17) is 18.9 Å². The van der Waals surface area contributed by atoms with Gasteiger partial charge in [0.15, 0.2) is 11.5 Å². The van der Waals surface area contributed by atoms with Crippen molar-refractivity contribution in [1.29, 1.82) is 0 Å². The number of anilines is 1. The van der Waals surface area contributed by atoms with Gasteiger partial charge >= 0.3 is 6.09 Å². The van der Waals surface area contributed by atoms with Crippen LogP contribution in [0.2, 0.25) is 0 Å². The van der Waals surface area contributed by atoms with Crippen LogP contribution in [-0.2, 0) is 4.74 Å². The summed E-state index contributed by atoms with van der Waals surface area (Å²) in [7, 11) is 3.16. The molecule has 0 aliphatic rings. The predicted octanol–water partition coefficient (Wildman–Crippen LogP) is 5.35. The van der Waals surface area contributed by atoms with Crippen molar-refractivity contribution in [1.82, 2.24) is 4.98 Å². The number of pyridine rings is 1. The quantitative estimate of drug-likeness (QED) is 0.568. The number of hydrogen-bond donors (Lipinski definition) is 1. The molecule has 0 saturated heterocycles. The van der Waals surface area contributed by atoms with Gasteiger partial charge in [-0.15, -0.1) is 0 Å². The number of ether oxygens (including phenoxy) is 4. The first-order valence-corrected chi connectivity index (χ1v) is 8.85. The van der Waals surface area contributed by atoms with E-state index in [0.29, 0.717) is 28.7 Å². The number of carbonyl (C=O) groups is 1. The number of methoxy groups -OCH3 is 2. The normalized spacial score (nSPS) is 10.3. The van der Waals surface area contributed by atoms with E-state index in [0.717, 1.165) is 28.3 Å². The average Bonchev–Trinajstić information content (AvgIpc) is 2.72. The van der Waals surface area contributed by atoms with Crippen LogP contribution in [0.15, 0.2) is 49.4 Å². The molecule has 1 heterocycles. The van der Waals surface area contributed by atoms with Crippen LogP contribution in [-0.4, -0.2) is 25.3 Å². The first-order valence-electron chi connectivity index (χ1n) is 8.85. The highest BCUT2D eigenvalue weighted by Crippen LogP contribution is 2.38. The summed E-state index contributed by atoms with van der Waals surface area (Å²) in [4.78, 5) is 16.0. The van der Waals surface area contributed by atoms with Gasteiger partial charge in [0.2, 0.25) is 0 Å². The fourth-order valence-electron chi connectivity index (χ4n) is 2.91. The van der Waals surface area contributed by atoms with Crippen LogP contribution in [0, 0.1) is 13.8 Å². The molecule has 0 aliphatic heterocycles. The third-order valence-electron chi connectivity index (χ3n) is 4.59. The summed E-state index contributed by atoms with van der Waals surface area (Å²) in [6.45, 7) is 7.18. The molecule has 0 unspecified atom stereocenters. The van der Waals surface area contributed by atoms with E-state index >= 15 is 0 Å². The highest BCUT2D eigenvalue weighted by molar-refractivity contribution is 5.89. The van der Waals surface area contributed by atoms with Gasteiger partial charge in [0.05, 0.1) is 26.0 Å². The standard InChI is InChI=1S/C22H22N2O5/c1-6-28-22(25)24-16-7-8-18(14(3)13(16)2)29-19-9-10-23-17-12-21(27-5)20(26-4)11-15(17)19/h6-12H,1H2,2-5H3,(H,24,25). The van der Waals surface area contributed by atoms with Crippen molar-refractivity contribution in [2.24, 2.45) is 0 Å². The fraction of sp³-hybridized carbons (Fsp3) is 0.182. The first-order chi connectivity index (χ1) is 14.0. The lowest BCUT2D eigenvalue weighted by Gasteiger charge is -2.16. The third kappa shape index (κ3) is 4.08. The van der Waals surface area contributed by atoms with Crippen molar-refractivity contribution in [3.63, 3.8) is 0 Å². The molecule has 150 valence electrons. The Balaban J connectivity index is 1.97. The smallest absolute Gasteiger partial charge is 0.416 e. The molecular formula is C22H22N2O5. The first kappa shape index (κ1) is 20.0. The van der Waals surface area contributed by atoms with Crippen molar-refractivity contribution < 1.29 is 23.7 Å². The Bertz CT molecular complexity index is 1080. The summed E-state index contributed by atoms with van der Waals surface area (Å²) in [6.07, 6.45) is 2.15. The van der Waals surface area contributed by atoms with Gasteiger partial charge < -0.3 is 18.9 Å². The van der Waals surface area contributed by atoms with E-state index in [2.05, 4.69) is 16.9 Å². The van der Waals surface area contributed by atoms with E-state index < -0.39 is 6.09 Å². The zero-order valence-corrected chi connectivity index (χ0v) is 16.7. The van der Waals surface area contributed by atoms with Crippen molar-refractivity contribution in [3.8, 4) is 23.0 Å². The number of carbonyl (C=O) groups excluding carboxylic acids is 1. The molecule has 0 atom stereocenters. The van der Waals surface area contributed by atoms with Crippen molar-refractivity contribution >= 4 is 22.7 Å². The number of hydrogen-bond acceptors (Lipinski definition) is 6. The average molecular weight is 394 g/mol. The number of nitrogens with one attached hydrogen (secondary N) is 1. The van der Waals surface area contributed by atoms with E-state index in [1.54, 1.807) is 44.7 Å². The minimum Gasteiger partial charge on any atom is -0.493 e. The van der Waals surface area contributed by atoms with Crippen LogP contribution in [0.5, 0.6) is 23.0 Å². The maximum atomic E-state index is 11.6. The molecule has 0 bridgehead atoms. The van der Waals surface area contributed by atoms with Crippen LogP contribution in [0.25, 0.3) is 10.9 Å². The Kier molecular flexibility index (Phi) is 5.87. The molecule has 3 aromatic rings. The van der Waals surface area contributed by atoms with Crippen LogP contribution in [0.3, 0.4) is 0 Å². The number of nitrogens with zero attached hydrogens (tertiary/aromatic N) is 1. The summed E-state index contributed by atoms with van der Waals surface area (Å²) in [5, 5.41) is 3.46. The van der Waals surface area contributed by atoms with Crippen molar-refractivity contribution in [2.75, 3.05) is 19.5 Å². The fourth-order valence-corrected chi connectivity index (χ4v) is 2.91. The van der Waals surface area contributed by atoms with Crippen LogP contribution < -0.4 is 19.5 Å². The molecule has 0 saturated carbocycles. The zero-order chi connectivity index (χ0) is 21.0. The van der Waals surface area contributed by atoms with Crippen molar-refractivity contribution in [2.45, 2.75) is 13.8 Å². The van der Waals surface area contributed by atoms with Gasteiger partial charge in [-0.2, -0.15) is 0 Å². The van der Waals surface area contributed by atoms with Gasteiger partial charge in [0, 0.05) is 23.3 Å². The Hall–Kier alpha value is -3.74. The van der Waals surface area contributed by atoms with Gasteiger partial charge in [-0.3, -0.25) is 10.3 Å². The molecule has 0 fully saturated rings. The van der Waals surface area contributed by atoms with E-state index in [1.807, 2.05) is 19.9 Å². The largest absolute Gasteiger partial charge is 0.493 e. The van der Waals surface area contributed by atoms with Crippen LogP contribution in [0.1, 0.15) is 11.1 Å². The van der Waals surface area contributed by atoms with Gasteiger partial charge in [-0.1, -0.05) is 6.58 Å². The molecule has 1 aromatic heterocycles. The van der Waals surface area contributed by atoms with Crippen LogP contribution >= 0.6 is 0 Å². The Morgan fingerprint density at radius 3 is 2.41 bits per heavy atom. The monoisotopic (exact) mass is 394 g/mol. The molecule has 1 N–H and O–H groups in total. The SMILES string of the molecule is C=COC(=O)Nc1ccc(Oc2ccnc3cc(OC)c(OC)cc23)c(C)c1C. The number of aromatic nitrogens is 1. The lowest BCUT2D eigenvalue weighted by atomic mass is 10.1. The second-order valence-corrected chi connectivity index (χ2v) is 6.19. The van der Waals surface area contributed by atoms with Crippen molar-refractivity contribution in [3.05, 3.63) is 60.5 Å². The molecule has 7 nitrogen and oxygen atoms in total. The minimum absolute atomic E-state index is 0.589. The van der Waals surface area contributed by atoms with Crippen LogP contribution in [0.4, 0.5) is 10.5 Å². The topological polar surface area (TPSA) is 78.9 Å². The Morgan fingerprint density at radius 1 is 1.00 bits per heavy atom. The molecule has 0 spiro atoms. The molecular weight excluding hydrogens is 372 g/mol. The van der Waals surface area contributed by atoms with Gasteiger partial charge in [-0.25, -0.2) is 4.79 Å². The summed E-state index contributed by atoms with van der Waals surface area (Å²) >= 11 is 0. The summed E-state index contributed by atoms with van der Waals surface area (Å²) in [6, 6.07) is 8.97. The Labute approximate surface area is 168 Å². The third-order valence-corrected chi connectivity index (χ3v) is 4.59. The summed E-state index contributed by atoms with van der Waals surface area (Å²) < 4.78 is 21.6. The zero-order valence-electron chi connectivity index (χ0n) is 16.7.